The number of H-pyrrole nitrogens is 1. The van der Waals surface area contributed by atoms with Crippen LogP contribution in [0.4, 0.5) is 0 Å². The van der Waals surface area contributed by atoms with Gasteiger partial charge in [-0.25, -0.2) is 0 Å². The first-order valence-electron chi connectivity index (χ1n) is 8.60. The lowest BCUT2D eigenvalue weighted by Gasteiger charge is -2.37. The quantitative estimate of drug-likeness (QED) is 0.754. The lowest BCUT2D eigenvalue weighted by atomic mass is 9.77. The summed E-state index contributed by atoms with van der Waals surface area (Å²) in [5.41, 5.74) is 2.40. The van der Waals surface area contributed by atoms with Crippen LogP contribution in [0.5, 0.6) is 0 Å². The van der Waals surface area contributed by atoms with Crippen molar-refractivity contribution in [2.24, 2.45) is 0 Å². The standard InChI is InChI=1S/C21H20N2O2/c1-21(12-6-8-14-7-2-5-11-18(14)21)23-20(25)17-13-22-19(24)16-10-4-3-9-15(16)17/h2-5,7,9-11,13H,6,8,12H2,1H3,(H,22,24)(H,23,25). The van der Waals surface area contributed by atoms with E-state index in [1.807, 2.05) is 24.3 Å². The highest BCUT2D eigenvalue weighted by molar-refractivity contribution is 6.06. The van der Waals surface area contributed by atoms with Crippen molar-refractivity contribution < 1.29 is 4.79 Å². The zero-order valence-corrected chi connectivity index (χ0v) is 14.1. The van der Waals surface area contributed by atoms with Crippen molar-refractivity contribution in [1.29, 1.82) is 0 Å². The minimum atomic E-state index is -0.400. The van der Waals surface area contributed by atoms with Crippen LogP contribution in [0.25, 0.3) is 10.8 Å². The number of aromatic amines is 1. The van der Waals surface area contributed by atoms with Gasteiger partial charge in [0.15, 0.2) is 0 Å². The van der Waals surface area contributed by atoms with Crippen LogP contribution in [0.1, 0.15) is 41.3 Å². The van der Waals surface area contributed by atoms with Gasteiger partial charge < -0.3 is 10.3 Å². The summed E-state index contributed by atoms with van der Waals surface area (Å²) >= 11 is 0. The number of rotatable bonds is 2. The van der Waals surface area contributed by atoms with Crippen LogP contribution in [0.3, 0.4) is 0 Å². The van der Waals surface area contributed by atoms with Gasteiger partial charge in [0.2, 0.25) is 0 Å². The van der Waals surface area contributed by atoms with Gasteiger partial charge in [-0.3, -0.25) is 9.59 Å². The number of aromatic nitrogens is 1. The molecule has 0 fully saturated rings. The minimum absolute atomic E-state index is 0.161. The molecule has 1 aliphatic rings. The van der Waals surface area contributed by atoms with E-state index in [9.17, 15) is 9.59 Å². The smallest absolute Gasteiger partial charge is 0.255 e. The van der Waals surface area contributed by atoms with Crippen molar-refractivity contribution >= 4 is 16.7 Å². The van der Waals surface area contributed by atoms with E-state index in [1.165, 1.54) is 17.3 Å². The van der Waals surface area contributed by atoms with Gasteiger partial charge in [0.1, 0.15) is 0 Å². The number of hydrogen-bond donors (Lipinski definition) is 2. The Labute approximate surface area is 145 Å². The number of pyridine rings is 1. The van der Waals surface area contributed by atoms with Gasteiger partial charge in [-0.15, -0.1) is 0 Å². The maximum Gasteiger partial charge on any atom is 0.255 e. The molecule has 2 aromatic carbocycles. The van der Waals surface area contributed by atoms with Crippen LogP contribution in [-0.2, 0) is 12.0 Å². The Hall–Kier alpha value is -2.88. The van der Waals surface area contributed by atoms with Crippen molar-refractivity contribution in [3.05, 3.63) is 81.8 Å². The molecule has 1 heterocycles. The fourth-order valence-electron chi connectivity index (χ4n) is 3.89. The number of nitrogens with one attached hydrogen (secondary N) is 2. The van der Waals surface area contributed by atoms with E-state index in [-0.39, 0.29) is 11.5 Å². The first-order valence-corrected chi connectivity index (χ1v) is 8.60. The second-order valence-electron chi connectivity index (χ2n) is 6.87. The average molecular weight is 332 g/mol. The Morgan fingerprint density at radius 2 is 1.80 bits per heavy atom. The molecule has 0 saturated heterocycles. The predicted octanol–water partition coefficient (Wildman–Crippen LogP) is 3.51. The molecule has 4 rings (SSSR count). The van der Waals surface area contributed by atoms with Crippen LogP contribution in [-0.4, -0.2) is 10.9 Å². The van der Waals surface area contributed by atoms with E-state index in [0.717, 1.165) is 19.3 Å². The fraction of sp³-hybridized carbons (Fsp3) is 0.238. The van der Waals surface area contributed by atoms with Crippen LogP contribution >= 0.6 is 0 Å². The SMILES string of the molecule is CC1(NC(=O)c2c[nH]c(=O)c3ccccc23)CCCc2ccccc21. The van der Waals surface area contributed by atoms with Crippen molar-refractivity contribution in [2.45, 2.75) is 31.7 Å². The molecule has 1 atom stereocenters. The number of benzene rings is 2. The number of aryl methyl sites for hydroxylation is 1. The van der Waals surface area contributed by atoms with E-state index in [0.29, 0.717) is 16.3 Å². The van der Waals surface area contributed by atoms with Gasteiger partial charge >= 0.3 is 0 Å². The molecule has 2 N–H and O–H groups in total. The average Bonchev–Trinajstić information content (AvgIpc) is 2.62. The second-order valence-corrected chi connectivity index (χ2v) is 6.87. The molecule has 1 aliphatic carbocycles. The van der Waals surface area contributed by atoms with E-state index in [2.05, 4.69) is 29.4 Å². The Bertz CT molecular complexity index is 1020. The maximum atomic E-state index is 13.0. The maximum absolute atomic E-state index is 13.0. The normalized spacial score (nSPS) is 19.4. The Balaban J connectivity index is 1.75. The van der Waals surface area contributed by atoms with Crippen molar-refractivity contribution in [3.63, 3.8) is 0 Å². The van der Waals surface area contributed by atoms with Crippen molar-refractivity contribution in [3.8, 4) is 0 Å². The van der Waals surface area contributed by atoms with Gasteiger partial charge in [-0.1, -0.05) is 42.5 Å². The Kier molecular flexibility index (Phi) is 3.68. The molecule has 0 bridgehead atoms. The van der Waals surface area contributed by atoms with E-state index >= 15 is 0 Å². The van der Waals surface area contributed by atoms with Gasteiger partial charge in [-0.2, -0.15) is 0 Å². The Morgan fingerprint density at radius 1 is 1.08 bits per heavy atom. The molecule has 0 aliphatic heterocycles. The first-order chi connectivity index (χ1) is 12.1. The van der Waals surface area contributed by atoms with E-state index < -0.39 is 5.54 Å². The third-order valence-electron chi connectivity index (χ3n) is 5.18. The second kappa shape index (κ2) is 5.88. The van der Waals surface area contributed by atoms with Gasteiger partial charge in [0.25, 0.3) is 11.5 Å². The van der Waals surface area contributed by atoms with Crippen LogP contribution in [0, 0.1) is 0 Å². The predicted molar refractivity (Wildman–Crippen MR) is 98.8 cm³/mol. The van der Waals surface area contributed by atoms with Crippen molar-refractivity contribution in [1.82, 2.24) is 10.3 Å². The van der Waals surface area contributed by atoms with Gasteiger partial charge in [0.05, 0.1) is 11.1 Å². The fourth-order valence-corrected chi connectivity index (χ4v) is 3.89. The number of carbonyl (C=O) groups is 1. The summed E-state index contributed by atoms with van der Waals surface area (Å²) in [5.74, 6) is -0.161. The van der Waals surface area contributed by atoms with Crippen LogP contribution < -0.4 is 10.9 Å². The molecular weight excluding hydrogens is 312 g/mol. The number of carbonyl (C=O) groups excluding carboxylic acids is 1. The third kappa shape index (κ3) is 2.64. The number of fused-ring (bicyclic) bond motifs is 2. The molecule has 4 heteroatoms. The summed E-state index contributed by atoms with van der Waals surface area (Å²) < 4.78 is 0. The number of amides is 1. The lowest BCUT2D eigenvalue weighted by molar-refractivity contribution is 0.0896. The zero-order chi connectivity index (χ0) is 17.4. The van der Waals surface area contributed by atoms with Crippen LogP contribution in [0.15, 0.2) is 59.5 Å². The summed E-state index contributed by atoms with van der Waals surface area (Å²) in [6.45, 7) is 2.08. The molecular formula is C21H20N2O2. The minimum Gasteiger partial charge on any atom is -0.343 e. The number of hydrogen-bond acceptors (Lipinski definition) is 2. The molecule has 0 saturated carbocycles. The highest BCUT2D eigenvalue weighted by Crippen LogP contribution is 2.35. The molecule has 25 heavy (non-hydrogen) atoms. The first kappa shape index (κ1) is 15.6. The van der Waals surface area contributed by atoms with Gasteiger partial charge in [-0.05, 0) is 43.4 Å². The molecule has 0 spiro atoms. The lowest BCUT2D eigenvalue weighted by Crippen LogP contribution is -2.45. The summed E-state index contributed by atoms with van der Waals surface area (Å²) in [6.07, 6.45) is 4.50. The Morgan fingerprint density at radius 3 is 2.64 bits per heavy atom. The van der Waals surface area contributed by atoms with Crippen molar-refractivity contribution in [2.75, 3.05) is 0 Å². The summed E-state index contributed by atoms with van der Waals surface area (Å²) in [7, 11) is 0. The molecule has 126 valence electrons. The molecule has 4 nitrogen and oxygen atoms in total. The highest BCUT2D eigenvalue weighted by Gasteiger charge is 2.33. The van der Waals surface area contributed by atoms with E-state index in [1.54, 1.807) is 12.1 Å². The topological polar surface area (TPSA) is 62.0 Å². The largest absolute Gasteiger partial charge is 0.343 e. The molecule has 1 aromatic heterocycles. The molecule has 1 unspecified atom stereocenters. The molecule has 0 radical (unpaired) electrons. The molecule has 1 amide bonds. The highest BCUT2D eigenvalue weighted by atomic mass is 16.2. The monoisotopic (exact) mass is 332 g/mol. The van der Waals surface area contributed by atoms with Crippen LogP contribution in [0.2, 0.25) is 0 Å². The zero-order valence-electron chi connectivity index (χ0n) is 14.1. The summed E-state index contributed by atoms with van der Waals surface area (Å²) in [5, 5.41) is 4.43. The van der Waals surface area contributed by atoms with E-state index in [4.69, 9.17) is 0 Å². The third-order valence-corrected chi connectivity index (χ3v) is 5.18. The molecule has 3 aromatic rings. The summed E-state index contributed by atoms with van der Waals surface area (Å²) in [6, 6.07) is 15.5. The summed E-state index contributed by atoms with van der Waals surface area (Å²) in [4.78, 5) is 27.7. The van der Waals surface area contributed by atoms with Gasteiger partial charge in [0, 0.05) is 17.0 Å².